The lowest BCUT2D eigenvalue weighted by molar-refractivity contribution is -0.137. The number of rotatable bonds is 3. The van der Waals surface area contributed by atoms with E-state index in [0.717, 1.165) is 19.3 Å². The Kier molecular flexibility index (Phi) is 4.81. The molecule has 1 aromatic rings. The maximum absolute atomic E-state index is 13.3. The van der Waals surface area contributed by atoms with Gasteiger partial charge >= 0.3 is 6.18 Å². The zero-order chi connectivity index (χ0) is 15.6. The first-order chi connectivity index (χ1) is 9.82. The molecule has 2 rings (SSSR count). The van der Waals surface area contributed by atoms with Crippen LogP contribution in [0.2, 0.25) is 0 Å². The number of hydrogen-bond acceptors (Lipinski definition) is 2. The van der Waals surface area contributed by atoms with Crippen molar-refractivity contribution >= 4 is 5.69 Å². The molecule has 0 amide bonds. The topological polar surface area (TPSA) is 29.3 Å². The summed E-state index contributed by atoms with van der Waals surface area (Å²) in [6.07, 6.45) is -0.195. The minimum absolute atomic E-state index is 0.119. The van der Waals surface area contributed by atoms with Crippen molar-refractivity contribution in [2.75, 3.05) is 11.9 Å². The molecule has 0 aromatic heterocycles. The SMILES string of the molecule is CC1CCCC(N(C)c2ccc(CN)cc2C(F)(F)F)C1. The molecule has 0 aliphatic heterocycles. The third-order valence-corrected chi connectivity index (χ3v) is 4.44. The van der Waals surface area contributed by atoms with Gasteiger partial charge in [0.1, 0.15) is 0 Å². The molecule has 0 radical (unpaired) electrons. The van der Waals surface area contributed by atoms with Crippen molar-refractivity contribution in [2.24, 2.45) is 11.7 Å². The second-order valence-electron chi connectivity index (χ2n) is 6.09. The number of nitrogens with two attached hydrogens (primary N) is 1. The fourth-order valence-electron chi connectivity index (χ4n) is 3.20. The quantitative estimate of drug-likeness (QED) is 0.907. The summed E-state index contributed by atoms with van der Waals surface area (Å²) < 4.78 is 39.9. The molecule has 118 valence electrons. The molecule has 2 unspecified atom stereocenters. The highest BCUT2D eigenvalue weighted by Crippen LogP contribution is 2.39. The van der Waals surface area contributed by atoms with Crippen LogP contribution >= 0.6 is 0 Å². The lowest BCUT2D eigenvalue weighted by Gasteiger charge is -2.36. The van der Waals surface area contributed by atoms with E-state index in [1.807, 2.05) is 0 Å². The average molecular weight is 300 g/mol. The van der Waals surface area contributed by atoms with E-state index in [0.29, 0.717) is 11.5 Å². The second kappa shape index (κ2) is 6.26. The summed E-state index contributed by atoms with van der Waals surface area (Å²) in [4.78, 5) is 1.80. The summed E-state index contributed by atoms with van der Waals surface area (Å²) in [5, 5.41) is 0. The van der Waals surface area contributed by atoms with Crippen LogP contribution in [0.25, 0.3) is 0 Å². The molecule has 0 saturated heterocycles. The van der Waals surface area contributed by atoms with Gasteiger partial charge in [-0.3, -0.25) is 0 Å². The van der Waals surface area contributed by atoms with E-state index >= 15 is 0 Å². The number of benzene rings is 1. The summed E-state index contributed by atoms with van der Waals surface area (Å²) in [6.45, 7) is 2.29. The van der Waals surface area contributed by atoms with E-state index in [4.69, 9.17) is 5.73 Å². The highest BCUT2D eigenvalue weighted by molar-refractivity contribution is 5.56. The number of anilines is 1. The Balaban J connectivity index is 2.33. The average Bonchev–Trinajstić information content (AvgIpc) is 2.45. The van der Waals surface area contributed by atoms with E-state index in [1.165, 1.54) is 12.5 Å². The van der Waals surface area contributed by atoms with Crippen LogP contribution in [0, 0.1) is 5.92 Å². The lowest BCUT2D eigenvalue weighted by atomic mass is 9.86. The Hall–Kier alpha value is -1.23. The third-order valence-electron chi connectivity index (χ3n) is 4.44. The normalized spacial score (nSPS) is 23.1. The van der Waals surface area contributed by atoms with E-state index in [9.17, 15) is 13.2 Å². The van der Waals surface area contributed by atoms with Crippen LogP contribution in [-0.4, -0.2) is 13.1 Å². The van der Waals surface area contributed by atoms with Crippen LogP contribution in [0.1, 0.15) is 43.7 Å². The highest BCUT2D eigenvalue weighted by Gasteiger charge is 2.36. The van der Waals surface area contributed by atoms with Gasteiger partial charge in [0.15, 0.2) is 0 Å². The van der Waals surface area contributed by atoms with Crippen molar-refractivity contribution in [1.82, 2.24) is 0 Å². The molecule has 2 nitrogen and oxygen atoms in total. The van der Waals surface area contributed by atoms with Gasteiger partial charge in [0.05, 0.1) is 5.56 Å². The predicted octanol–water partition coefficient (Wildman–Crippen LogP) is 4.18. The van der Waals surface area contributed by atoms with Crippen LogP contribution in [0.5, 0.6) is 0 Å². The van der Waals surface area contributed by atoms with Crippen LogP contribution in [0.15, 0.2) is 18.2 Å². The zero-order valence-corrected chi connectivity index (χ0v) is 12.6. The van der Waals surface area contributed by atoms with E-state index < -0.39 is 11.7 Å². The standard InChI is InChI=1S/C16H23F3N2/c1-11-4-3-5-13(8-11)21(2)15-7-6-12(10-20)9-14(15)16(17,18)19/h6-7,9,11,13H,3-5,8,10,20H2,1-2H3. The molecule has 1 fully saturated rings. The van der Waals surface area contributed by atoms with Gasteiger partial charge in [-0.1, -0.05) is 25.8 Å². The van der Waals surface area contributed by atoms with Crippen LogP contribution in [-0.2, 0) is 12.7 Å². The minimum Gasteiger partial charge on any atom is -0.371 e. The van der Waals surface area contributed by atoms with Gasteiger partial charge in [-0.05, 0) is 36.5 Å². The van der Waals surface area contributed by atoms with Crippen molar-refractivity contribution in [3.8, 4) is 0 Å². The fourth-order valence-corrected chi connectivity index (χ4v) is 3.20. The molecule has 1 saturated carbocycles. The molecular formula is C16H23F3N2. The molecule has 0 spiro atoms. The van der Waals surface area contributed by atoms with Gasteiger partial charge in [0, 0.05) is 25.3 Å². The Morgan fingerprint density at radius 1 is 1.29 bits per heavy atom. The Morgan fingerprint density at radius 3 is 2.57 bits per heavy atom. The van der Waals surface area contributed by atoms with Crippen molar-refractivity contribution < 1.29 is 13.2 Å². The summed E-state index contributed by atoms with van der Waals surface area (Å²) in [6, 6.07) is 4.61. The van der Waals surface area contributed by atoms with Crippen molar-refractivity contribution in [3.05, 3.63) is 29.3 Å². The van der Waals surface area contributed by atoms with Crippen molar-refractivity contribution in [3.63, 3.8) is 0 Å². The summed E-state index contributed by atoms with van der Waals surface area (Å²) in [5.74, 6) is 0.573. The molecule has 1 aliphatic carbocycles. The van der Waals surface area contributed by atoms with E-state index in [2.05, 4.69) is 6.92 Å². The first kappa shape index (κ1) is 16.1. The summed E-state index contributed by atoms with van der Waals surface area (Å²) >= 11 is 0. The highest BCUT2D eigenvalue weighted by atomic mass is 19.4. The molecule has 0 heterocycles. The molecule has 5 heteroatoms. The first-order valence-electron chi connectivity index (χ1n) is 7.46. The van der Waals surface area contributed by atoms with Gasteiger partial charge in [0.2, 0.25) is 0 Å². The monoisotopic (exact) mass is 300 g/mol. The smallest absolute Gasteiger partial charge is 0.371 e. The molecular weight excluding hydrogens is 277 g/mol. The molecule has 0 bridgehead atoms. The minimum atomic E-state index is -4.35. The van der Waals surface area contributed by atoms with Gasteiger partial charge in [-0.25, -0.2) is 0 Å². The van der Waals surface area contributed by atoms with Crippen LogP contribution in [0.3, 0.4) is 0 Å². The third kappa shape index (κ3) is 3.70. The second-order valence-corrected chi connectivity index (χ2v) is 6.09. The molecule has 1 aliphatic rings. The Labute approximate surface area is 124 Å². The van der Waals surface area contributed by atoms with Gasteiger partial charge in [0.25, 0.3) is 0 Å². The number of alkyl halides is 3. The van der Waals surface area contributed by atoms with Gasteiger partial charge < -0.3 is 10.6 Å². The molecule has 2 atom stereocenters. The number of hydrogen-bond donors (Lipinski definition) is 1. The van der Waals surface area contributed by atoms with Gasteiger partial charge in [-0.2, -0.15) is 13.2 Å². The van der Waals surface area contributed by atoms with E-state index in [1.54, 1.807) is 24.1 Å². The van der Waals surface area contributed by atoms with Crippen LogP contribution < -0.4 is 10.6 Å². The number of halogens is 3. The molecule has 1 aromatic carbocycles. The van der Waals surface area contributed by atoms with Crippen molar-refractivity contribution in [2.45, 2.75) is 51.4 Å². The fraction of sp³-hybridized carbons (Fsp3) is 0.625. The molecule has 21 heavy (non-hydrogen) atoms. The van der Waals surface area contributed by atoms with Crippen molar-refractivity contribution in [1.29, 1.82) is 0 Å². The van der Waals surface area contributed by atoms with Crippen LogP contribution in [0.4, 0.5) is 18.9 Å². The maximum Gasteiger partial charge on any atom is 0.418 e. The number of nitrogens with zero attached hydrogens (tertiary/aromatic N) is 1. The molecule has 2 N–H and O–H groups in total. The maximum atomic E-state index is 13.3. The predicted molar refractivity (Wildman–Crippen MR) is 79.2 cm³/mol. The largest absolute Gasteiger partial charge is 0.418 e. The van der Waals surface area contributed by atoms with Gasteiger partial charge in [-0.15, -0.1) is 0 Å². The first-order valence-corrected chi connectivity index (χ1v) is 7.46. The zero-order valence-electron chi connectivity index (χ0n) is 12.6. The summed E-state index contributed by atoms with van der Waals surface area (Å²) in [5.41, 5.74) is 5.66. The Morgan fingerprint density at radius 2 is 2.00 bits per heavy atom. The lowest BCUT2D eigenvalue weighted by Crippen LogP contribution is -2.36. The Bertz CT molecular complexity index is 485. The van der Waals surface area contributed by atoms with E-state index in [-0.39, 0.29) is 18.3 Å². The summed E-state index contributed by atoms with van der Waals surface area (Å²) in [7, 11) is 1.77.